The van der Waals surface area contributed by atoms with Crippen LogP contribution in [0.3, 0.4) is 0 Å². The fraction of sp³-hybridized carbons (Fsp3) is 0.500. The van der Waals surface area contributed by atoms with Crippen LogP contribution in [0.1, 0.15) is 12.5 Å². The Bertz CT molecular complexity index is 299. The van der Waals surface area contributed by atoms with E-state index in [0.717, 1.165) is 5.56 Å². The van der Waals surface area contributed by atoms with Gasteiger partial charge in [0.05, 0.1) is 0 Å². The minimum absolute atomic E-state index is 0.0387. The van der Waals surface area contributed by atoms with Crippen LogP contribution in [0.25, 0.3) is 0 Å². The molecule has 3 heteroatoms. The molecule has 0 amide bonds. The molecule has 0 spiro atoms. The van der Waals surface area contributed by atoms with Gasteiger partial charge in [0.2, 0.25) is 0 Å². The second kappa shape index (κ2) is 5.73. The van der Waals surface area contributed by atoms with Crippen LogP contribution < -0.4 is 0 Å². The number of phenols is 1. The van der Waals surface area contributed by atoms with E-state index >= 15 is 0 Å². The Hall–Kier alpha value is -1.06. The number of hydrogen-bond donors (Lipinski definition) is 3. The van der Waals surface area contributed by atoms with Gasteiger partial charge in [-0.05, 0) is 36.0 Å². The predicted molar refractivity (Wildman–Crippen MR) is 58.6 cm³/mol. The summed E-state index contributed by atoms with van der Waals surface area (Å²) < 4.78 is 0. The van der Waals surface area contributed by atoms with Gasteiger partial charge in [0, 0.05) is 13.2 Å². The molecule has 3 nitrogen and oxygen atoms in total. The summed E-state index contributed by atoms with van der Waals surface area (Å²) in [6, 6.07) is 6.99. The maximum absolute atomic E-state index is 9.28. The number of rotatable bonds is 5. The molecule has 2 atom stereocenters. The van der Waals surface area contributed by atoms with Crippen molar-refractivity contribution in [2.24, 2.45) is 11.8 Å². The monoisotopic (exact) mass is 210 g/mol. The van der Waals surface area contributed by atoms with Gasteiger partial charge in [-0.1, -0.05) is 19.1 Å². The van der Waals surface area contributed by atoms with Gasteiger partial charge in [0.25, 0.3) is 0 Å². The molecule has 0 saturated carbocycles. The summed E-state index contributed by atoms with van der Waals surface area (Å²) in [6.45, 7) is 2.03. The Morgan fingerprint density at radius 1 is 1.20 bits per heavy atom. The fourth-order valence-electron chi connectivity index (χ4n) is 1.58. The van der Waals surface area contributed by atoms with Crippen LogP contribution in [-0.4, -0.2) is 28.5 Å². The normalized spacial score (nSPS) is 14.9. The zero-order chi connectivity index (χ0) is 11.3. The number of benzene rings is 1. The molecule has 1 rings (SSSR count). The molecule has 0 radical (unpaired) electrons. The van der Waals surface area contributed by atoms with Crippen molar-refractivity contribution in [3.05, 3.63) is 29.8 Å². The van der Waals surface area contributed by atoms with Crippen LogP contribution in [0.4, 0.5) is 0 Å². The van der Waals surface area contributed by atoms with E-state index < -0.39 is 0 Å². The first kappa shape index (κ1) is 12.0. The molecule has 0 aliphatic heterocycles. The summed E-state index contributed by atoms with van der Waals surface area (Å²) in [4.78, 5) is 0. The molecule has 2 unspecified atom stereocenters. The number of aliphatic hydroxyl groups excluding tert-OH is 2. The summed E-state index contributed by atoms with van der Waals surface area (Å²) in [5.74, 6) is 0.343. The van der Waals surface area contributed by atoms with E-state index in [2.05, 4.69) is 0 Å². The quantitative estimate of drug-likeness (QED) is 0.683. The summed E-state index contributed by atoms with van der Waals surface area (Å²) >= 11 is 0. The van der Waals surface area contributed by atoms with E-state index in [-0.39, 0.29) is 30.8 Å². The van der Waals surface area contributed by atoms with Crippen LogP contribution in [0.2, 0.25) is 0 Å². The molecular weight excluding hydrogens is 192 g/mol. The van der Waals surface area contributed by atoms with Crippen molar-refractivity contribution in [1.29, 1.82) is 0 Å². The molecule has 1 aromatic carbocycles. The highest BCUT2D eigenvalue weighted by Crippen LogP contribution is 2.19. The molecule has 0 bridgehead atoms. The van der Waals surface area contributed by atoms with Gasteiger partial charge in [-0.3, -0.25) is 0 Å². The highest BCUT2D eigenvalue weighted by Gasteiger charge is 2.16. The number of aliphatic hydroxyl groups is 2. The van der Waals surface area contributed by atoms with E-state index in [0.29, 0.717) is 6.42 Å². The Balaban J connectivity index is 2.66. The van der Waals surface area contributed by atoms with E-state index in [1.807, 2.05) is 13.0 Å². The molecule has 0 aliphatic rings. The average molecular weight is 210 g/mol. The maximum atomic E-state index is 9.28. The van der Waals surface area contributed by atoms with E-state index in [1.165, 1.54) is 0 Å². The van der Waals surface area contributed by atoms with Crippen LogP contribution in [0, 0.1) is 11.8 Å². The van der Waals surface area contributed by atoms with Crippen molar-refractivity contribution in [1.82, 2.24) is 0 Å². The van der Waals surface area contributed by atoms with Gasteiger partial charge in [0.15, 0.2) is 0 Å². The van der Waals surface area contributed by atoms with E-state index in [9.17, 15) is 10.2 Å². The molecule has 0 saturated heterocycles. The third-order valence-electron chi connectivity index (χ3n) is 2.74. The second-order valence-corrected chi connectivity index (χ2v) is 3.98. The molecule has 0 aromatic heterocycles. The zero-order valence-electron chi connectivity index (χ0n) is 8.93. The van der Waals surface area contributed by atoms with Gasteiger partial charge in [-0.15, -0.1) is 0 Å². The van der Waals surface area contributed by atoms with Crippen molar-refractivity contribution in [3.8, 4) is 5.75 Å². The van der Waals surface area contributed by atoms with Crippen LogP contribution in [0.15, 0.2) is 24.3 Å². The summed E-state index contributed by atoms with van der Waals surface area (Å²) in [6.07, 6.45) is 0.673. The molecule has 15 heavy (non-hydrogen) atoms. The lowest BCUT2D eigenvalue weighted by Gasteiger charge is -2.19. The molecule has 0 aliphatic carbocycles. The first-order chi connectivity index (χ1) is 7.17. The topological polar surface area (TPSA) is 60.7 Å². The van der Waals surface area contributed by atoms with E-state index in [4.69, 9.17) is 5.11 Å². The van der Waals surface area contributed by atoms with Gasteiger partial charge in [0.1, 0.15) is 5.75 Å². The lowest BCUT2D eigenvalue weighted by molar-refractivity contribution is 0.130. The van der Waals surface area contributed by atoms with Crippen molar-refractivity contribution < 1.29 is 15.3 Å². The molecule has 84 valence electrons. The smallest absolute Gasteiger partial charge is 0.115 e. The van der Waals surface area contributed by atoms with Crippen molar-refractivity contribution >= 4 is 0 Å². The molecular formula is C12H18O3. The Morgan fingerprint density at radius 2 is 1.93 bits per heavy atom. The molecule has 1 aromatic rings. The second-order valence-electron chi connectivity index (χ2n) is 3.98. The standard InChI is InChI=1S/C12H18O3/c1-9(7-13)11(8-14)5-10-3-2-4-12(15)6-10/h2-4,6,9,11,13-15H,5,7-8H2,1H3. The summed E-state index contributed by atoms with van der Waals surface area (Å²) in [5, 5.41) is 27.5. The van der Waals surface area contributed by atoms with Gasteiger partial charge >= 0.3 is 0 Å². The Labute approximate surface area is 90.0 Å². The van der Waals surface area contributed by atoms with Crippen molar-refractivity contribution in [3.63, 3.8) is 0 Å². The minimum atomic E-state index is 0.0387. The molecule has 3 N–H and O–H groups in total. The van der Waals surface area contributed by atoms with Crippen LogP contribution in [0.5, 0.6) is 5.75 Å². The number of phenolic OH excluding ortho intramolecular Hbond substituents is 1. The lowest BCUT2D eigenvalue weighted by atomic mass is 9.89. The Morgan fingerprint density at radius 3 is 2.47 bits per heavy atom. The minimum Gasteiger partial charge on any atom is -0.508 e. The fourth-order valence-corrected chi connectivity index (χ4v) is 1.58. The Kier molecular flexibility index (Phi) is 4.59. The molecule has 0 fully saturated rings. The maximum Gasteiger partial charge on any atom is 0.115 e. The third-order valence-corrected chi connectivity index (χ3v) is 2.74. The molecule has 0 heterocycles. The summed E-state index contributed by atoms with van der Waals surface area (Å²) in [7, 11) is 0. The van der Waals surface area contributed by atoms with E-state index in [1.54, 1.807) is 18.2 Å². The van der Waals surface area contributed by atoms with Crippen molar-refractivity contribution in [2.45, 2.75) is 13.3 Å². The summed E-state index contributed by atoms with van der Waals surface area (Å²) in [5.41, 5.74) is 0.981. The average Bonchev–Trinajstić information content (AvgIpc) is 2.25. The van der Waals surface area contributed by atoms with Crippen LogP contribution >= 0.6 is 0 Å². The largest absolute Gasteiger partial charge is 0.508 e. The zero-order valence-corrected chi connectivity index (χ0v) is 8.93. The predicted octanol–water partition coefficient (Wildman–Crippen LogP) is 1.17. The lowest BCUT2D eigenvalue weighted by Crippen LogP contribution is -2.21. The first-order valence-electron chi connectivity index (χ1n) is 5.17. The highest BCUT2D eigenvalue weighted by atomic mass is 16.3. The first-order valence-corrected chi connectivity index (χ1v) is 5.17. The number of aromatic hydroxyl groups is 1. The number of hydrogen-bond acceptors (Lipinski definition) is 3. The van der Waals surface area contributed by atoms with Crippen molar-refractivity contribution in [2.75, 3.05) is 13.2 Å². The highest BCUT2D eigenvalue weighted by molar-refractivity contribution is 5.27. The van der Waals surface area contributed by atoms with Gasteiger partial charge in [-0.25, -0.2) is 0 Å². The van der Waals surface area contributed by atoms with Gasteiger partial charge in [-0.2, -0.15) is 0 Å². The third kappa shape index (κ3) is 3.53. The van der Waals surface area contributed by atoms with Crippen LogP contribution in [-0.2, 0) is 6.42 Å². The van der Waals surface area contributed by atoms with Gasteiger partial charge < -0.3 is 15.3 Å². The SMILES string of the molecule is CC(CO)C(CO)Cc1cccc(O)c1.